The Hall–Kier alpha value is -3.17. The van der Waals surface area contributed by atoms with Gasteiger partial charge in [-0.15, -0.1) is 6.58 Å². The number of para-hydroxylation sites is 1. The molecule has 0 aliphatic rings. The second kappa shape index (κ2) is 9.55. The van der Waals surface area contributed by atoms with Gasteiger partial charge in [-0.2, -0.15) is 0 Å². The standard InChI is InChI=1S/C20H16ClFN4O3S/c1-2-9-26-18(28)13-8-7-12(21)10-16(13)24-20(26)30-11-17(27)25-19(29)23-15-6-4-3-5-14(15)22/h2-8,10H,1,9,11H2,(H2,23,25,27,29). The monoisotopic (exact) mass is 446 g/mol. The van der Waals surface area contributed by atoms with Crippen molar-refractivity contribution in [2.24, 2.45) is 0 Å². The number of nitrogens with one attached hydrogen (secondary N) is 2. The van der Waals surface area contributed by atoms with E-state index in [9.17, 15) is 18.8 Å². The van der Waals surface area contributed by atoms with Gasteiger partial charge in [-0.05, 0) is 30.3 Å². The summed E-state index contributed by atoms with van der Waals surface area (Å²) in [5, 5.41) is 5.45. The van der Waals surface area contributed by atoms with Crippen molar-refractivity contribution in [2.75, 3.05) is 11.1 Å². The summed E-state index contributed by atoms with van der Waals surface area (Å²) in [7, 11) is 0. The topological polar surface area (TPSA) is 93.1 Å². The fourth-order valence-corrected chi connectivity index (χ4v) is 3.56. The zero-order valence-electron chi connectivity index (χ0n) is 15.5. The van der Waals surface area contributed by atoms with Crippen LogP contribution in [0, 0.1) is 5.82 Å². The van der Waals surface area contributed by atoms with Crippen LogP contribution in [0.2, 0.25) is 5.02 Å². The number of carbonyl (C=O) groups is 2. The number of thioether (sulfide) groups is 1. The lowest BCUT2D eigenvalue weighted by Gasteiger charge is -2.12. The van der Waals surface area contributed by atoms with Crippen LogP contribution in [-0.2, 0) is 11.3 Å². The highest BCUT2D eigenvalue weighted by Crippen LogP contribution is 2.20. The van der Waals surface area contributed by atoms with Crippen LogP contribution in [0.4, 0.5) is 14.9 Å². The molecule has 154 valence electrons. The average molecular weight is 447 g/mol. The number of fused-ring (bicyclic) bond motifs is 1. The molecule has 0 radical (unpaired) electrons. The minimum absolute atomic E-state index is 0.0525. The molecular formula is C20H16ClFN4O3S. The summed E-state index contributed by atoms with van der Waals surface area (Å²) >= 11 is 6.96. The van der Waals surface area contributed by atoms with Gasteiger partial charge in [0.1, 0.15) is 5.82 Å². The number of allylic oxidation sites excluding steroid dienone is 1. The molecule has 0 aliphatic heterocycles. The van der Waals surface area contributed by atoms with Crippen molar-refractivity contribution in [3.8, 4) is 0 Å². The van der Waals surface area contributed by atoms with Crippen molar-refractivity contribution in [2.45, 2.75) is 11.7 Å². The number of amides is 3. The lowest BCUT2D eigenvalue weighted by molar-refractivity contribution is -0.117. The van der Waals surface area contributed by atoms with E-state index in [0.717, 1.165) is 11.8 Å². The Morgan fingerprint density at radius 3 is 2.77 bits per heavy atom. The molecule has 0 spiro atoms. The fraction of sp³-hybridized carbons (Fsp3) is 0.100. The van der Waals surface area contributed by atoms with Crippen LogP contribution in [0.3, 0.4) is 0 Å². The molecule has 2 N–H and O–H groups in total. The summed E-state index contributed by atoms with van der Waals surface area (Å²) < 4.78 is 15.0. The molecule has 0 unspecified atom stereocenters. The predicted octanol–water partition coefficient (Wildman–Crippen LogP) is 3.82. The number of aromatic nitrogens is 2. The summed E-state index contributed by atoms with van der Waals surface area (Å²) in [5.41, 5.74) is 0.0492. The molecule has 0 fully saturated rings. The number of halogens is 2. The number of imide groups is 1. The third-order valence-electron chi connectivity index (χ3n) is 3.90. The van der Waals surface area contributed by atoms with E-state index in [0.29, 0.717) is 15.9 Å². The van der Waals surface area contributed by atoms with Crippen LogP contribution in [0.25, 0.3) is 10.9 Å². The molecule has 1 aromatic heterocycles. The molecule has 7 nitrogen and oxygen atoms in total. The minimum Gasteiger partial charge on any atom is -0.305 e. The Balaban J connectivity index is 1.72. The maximum Gasteiger partial charge on any atom is 0.325 e. The maximum absolute atomic E-state index is 13.6. The van der Waals surface area contributed by atoms with Crippen molar-refractivity contribution in [3.05, 3.63) is 76.3 Å². The molecular weight excluding hydrogens is 431 g/mol. The lowest BCUT2D eigenvalue weighted by atomic mass is 10.2. The highest BCUT2D eigenvalue weighted by atomic mass is 35.5. The van der Waals surface area contributed by atoms with Gasteiger partial charge in [0.05, 0.1) is 22.3 Å². The van der Waals surface area contributed by atoms with Crippen LogP contribution >= 0.6 is 23.4 Å². The van der Waals surface area contributed by atoms with Gasteiger partial charge in [-0.25, -0.2) is 14.2 Å². The fourth-order valence-electron chi connectivity index (χ4n) is 2.58. The molecule has 2 aromatic carbocycles. The molecule has 3 aromatic rings. The number of rotatable bonds is 6. The second-order valence-electron chi connectivity index (χ2n) is 6.03. The van der Waals surface area contributed by atoms with Gasteiger partial charge in [-0.1, -0.05) is 41.6 Å². The first-order valence-electron chi connectivity index (χ1n) is 8.68. The zero-order chi connectivity index (χ0) is 21.7. The maximum atomic E-state index is 13.6. The summed E-state index contributed by atoms with van der Waals surface area (Å²) in [5.74, 6) is -1.46. The summed E-state index contributed by atoms with van der Waals surface area (Å²) in [6.45, 7) is 3.83. The number of benzene rings is 2. The predicted molar refractivity (Wildman–Crippen MR) is 115 cm³/mol. The first kappa shape index (κ1) is 21.5. The molecule has 0 bridgehead atoms. The second-order valence-corrected chi connectivity index (χ2v) is 7.41. The molecule has 1 heterocycles. The van der Waals surface area contributed by atoms with E-state index in [-0.39, 0.29) is 28.7 Å². The van der Waals surface area contributed by atoms with Crippen LogP contribution in [0.1, 0.15) is 0 Å². The third kappa shape index (κ3) is 5.05. The van der Waals surface area contributed by atoms with Gasteiger partial charge in [0, 0.05) is 11.6 Å². The SMILES string of the molecule is C=CCn1c(SCC(=O)NC(=O)Nc2ccccc2F)nc2cc(Cl)ccc2c1=O. The molecule has 3 rings (SSSR count). The van der Waals surface area contributed by atoms with Crippen molar-refractivity contribution < 1.29 is 14.0 Å². The summed E-state index contributed by atoms with van der Waals surface area (Å²) in [6, 6.07) is 9.45. The Morgan fingerprint density at radius 1 is 1.27 bits per heavy atom. The number of hydrogen-bond donors (Lipinski definition) is 2. The highest BCUT2D eigenvalue weighted by molar-refractivity contribution is 7.99. The first-order valence-corrected chi connectivity index (χ1v) is 10.0. The van der Waals surface area contributed by atoms with E-state index in [1.54, 1.807) is 24.3 Å². The van der Waals surface area contributed by atoms with Gasteiger partial charge in [0.2, 0.25) is 5.91 Å². The van der Waals surface area contributed by atoms with Gasteiger partial charge >= 0.3 is 6.03 Å². The van der Waals surface area contributed by atoms with E-state index in [1.807, 2.05) is 0 Å². The van der Waals surface area contributed by atoms with Crippen molar-refractivity contribution in [3.63, 3.8) is 0 Å². The first-order chi connectivity index (χ1) is 14.4. The van der Waals surface area contributed by atoms with Crippen molar-refractivity contribution >= 4 is 51.9 Å². The van der Waals surface area contributed by atoms with Gasteiger partial charge < -0.3 is 5.32 Å². The quantitative estimate of drug-likeness (QED) is 0.341. The number of nitrogens with zero attached hydrogens (tertiary/aromatic N) is 2. The number of hydrogen-bond acceptors (Lipinski definition) is 5. The van der Waals surface area contributed by atoms with Crippen LogP contribution in [0.5, 0.6) is 0 Å². The lowest BCUT2D eigenvalue weighted by Crippen LogP contribution is -2.36. The number of anilines is 1. The van der Waals surface area contributed by atoms with Gasteiger partial charge in [0.25, 0.3) is 5.56 Å². The normalized spacial score (nSPS) is 10.6. The highest BCUT2D eigenvalue weighted by Gasteiger charge is 2.15. The van der Waals surface area contributed by atoms with Crippen LogP contribution in [-0.4, -0.2) is 27.2 Å². The zero-order valence-corrected chi connectivity index (χ0v) is 17.1. The summed E-state index contributed by atoms with van der Waals surface area (Å²) in [4.78, 5) is 41.2. The van der Waals surface area contributed by atoms with Crippen LogP contribution < -0.4 is 16.2 Å². The summed E-state index contributed by atoms with van der Waals surface area (Å²) in [6.07, 6.45) is 1.54. The Bertz CT molecular complexity index is 1200. The molecule has 10 heteroatoms. The molecule has 0 atom stereocenters. The van der Waals surface area contributed by atoms with Gasteiger partial charge in [-0.3, -0.25) is 19.5 Å². The Labute approximate surface area is 179 Å². The third-order valence-corrected chi connectivity index (χ3v) is 5.11. The smallest absolute Gasteiger partial charge is 0.305 e. The van der Waals surface area contributed by atoms with E-state index in [1.165, 1.54) is 28.8 Å². The Morgan fingerprint density at radius 2 is 2.03 bits per heavy atom. The molecule has 0 saturated heterocycles. The van der Waals surface area contributed by atoms with Gasteiger partial charge in [0.15, 0.2) is 5.16 Å². The molecule has 3 amide bonds. The van der Waals surface area contributed by atoms with E-state index >= 15 is 0 Å². The molecule has 0 saturated carbocycles. The van der Waals surface area contributed by atoms with E-state index in [4.69, 9.17) is 11.6 Å². The number of urea groups is 1. The number of carbonyl (C=O) groups excluding carboxylic acids is 2. The van der Waals surface area contributed by atoms with E-state index < -0.39 is 17.8 Å². The minimum atomic E-state index is -0.868. The van der Waals surface area contributed by atoms with Crippen molar-refractivity contribution in [1.82, 2.24) is 14.9 Å². The van der Waals surface area contributed by atoms with Crippen LogP contribution in [0.15, 0.2) is 65.1 Å². The average Bonchev–Trinajstić information content (AvgIpc) is 2.70. The molecule has 0 aliphatic carbocycles. The van der Waals surface area contributed by atoms with E-state index in [2.05, 4.69) is 22.2 Å². The largest absolute Gasteiger partial charge is 0.325 e. The molecule has 30 heavy (non-hydrogen) atoms. The Kier molecular flexibility index (Phi) is 6.86. The van der Waals surface area contributed by atoms with Crippen molar-refractivity contribution in [1.29, 1.82) is 0 Å².